The van der Waals surface area contributed by atoms with Gasteiger partial charge in [-0.1, -0.05) is 42.5 Å². The van der Waals surface area contributed by atoms with Gasteiger partial charge in [0.25, 0.3) is 0 Å². The molecule has 28 heavy (non-hydrogen) atoms. The fraction of sp³-hybridized carbons (Fsp3) is 0.174. The molecule has 0 aliphatic rings. The van der Waals surface area contributed by atoms with Gasteiger partial charge in [-0.15, -0.1) is 0 Å². The molecular formula is C23H22N4O. The molecule has 1 N–H and O–H groups in total. The Bertz CT molecular complexity index is 1170. The number of aromatic amines is 1. The lowest BCUT2D eigenvalue weighted by atomic mass is 10.1. The van der Waals surface area contributed by atoms with Crippen molar-refractivity contribution < 1.29 is 0 Å². The van der Waals surface area contributed by atoms with Crippen molar-refractivity contribution in [2.45, 2.75) is 20.0 Å². The molecule has 4 aromatic rings. The van der Waals surface area contributed by atoms with Crippen LogP contribution in [0, 0.1) is 6.92 Å². The highest BCUT2D eigenvalue weighted by atomic mass is 16.1. The molecular weight excluding hydrogens is 348 g/mol. The number of benzene rings is 2. The third kappa shape index (κ3) is 3.85. The van der Waals surface area contributed by atoms with E-state index in [9.17, 15) is 4.79 Å². The highest BCUT2D eigenvalue weighted by Crippen LogP contribution is 2.20. The highest BCUT2D eigenvalue weighted by molar-refractivity contribution is 5.81. The molecule has 0 spiro atoms. The van der Waals surface area contributed by atoms with Crippen molar-refractivity contribution in [2.75, 3.05) is 7.05 Å². The first-order valence-corrected chi connectivity index (χ1v) is 9.26. The smallest absolute Gasteiger partial charge is 0.248 e. The maximum absolute atomic E-state index is 11.9. The van der Waals surface area contributed by atoms with E-state index in [1.807, 2.05) is 61.9 Å². The fourth-order valence-electron chi connectivity index (χ4n) is 3.47. The Balaban J connectivity index is 1.51. The van der Waals surface area contributed by atoms with Crippen molar-refractivity contribution >= 4 is 10.9 Å². The normalized spacial score (nSPS) is 11.2. The number of hydrogen-bond donors (Lipinski definition) is 1. The maximum atomic E-state index is 11.9. The van der Waals surface area contributed by atoms with Gasteiger partial charge in [-0.25, -0.2) is 9.97 Å². The Morgan fingerprint density at radius 2 is 1.68 bits per heavy atom. The van der Waals surface area contributed by atoms with Gasteiger partial charge in [-0.3, -0.25) is 9.69 Å². The largest absolute Gasteiger partial charge is 0.322 e. The van der Waals surface area contributed by atoms with Gasteiger partial charge in [-0.2, -0.15) is 0 Å². The second kappa shape index (κ2) is 7.74. The van der Waals surface area contributed by atoms with Crippen LogP contribution in [0.3, 0.4) is 0 Å². The lowest BCUT2D eigenvalue weighted by molar-refractivity contribution is 0.319. The van der Waals surface area contributed by atoms with Crippen LogP contribution in [-0.4, -0.2) is 26.9 Å². The molecule has 0 bridgehead atoms. The van der Waals surface area contributed by atoms with Gasteiger partial charge in [0.1, 0.15) is 0 Å². The molecule has 2 heterocycles. The summed E-state index contributed by atoms with van der Waals surface area (Å²) in [5.74, 6) is 0.741. The number of aryl methyl sites for hydroxylation is 1. The number of nitrogens with one attached hydrogen (secondary N) is 1. The van der Waals surface area contributed by atoms with Crippen LogP contribution in [0.4, 0.5) is 0 Å². The number of H-pyrrole nitrogens is 1. The minimum atomic E-state index is -0.0759. The van der Waals surface area contributed by atoms with Crippen LogP contribution in [0.1, 0.15) is 16.7 Å². The van der Waals surface area contributed by atoms with Gasteiger partial charge >= 0.3 is 0 Å². The molecule has 0 aliphatic carbocycles. The van der Waals surface area contributed by atoms with Crippen molar-refractivity contribution in [3.05, 3.63) is 94.0 Å². The van der Waals surface area contributed by atoms with E-state index in [1.165, 1.54) is 0 Å². The molecule has 0 fully saturated rings. The van der Waals surface area contributed by atoms with Gasteiger partial charge in [0.2, 0.25) is 5.56 Å². The molecule has 4 rings (SSSR count). The predicted octanol–water partition coefficient (Wildman–Crippen LogP) is 3.93. The Labute approximate surface area is 163 Å². The second-order valence-electron chi connectivity index (χ2n) is 7.11. The molecule has 2 aromatic heterocycles. The molecule has 5 nitrogen and oxygen atoms in total. The number of para-hydroxylation sites is 1. The number of rotatable bonds is 5. The summed E-state index contributed by atoms with van der Waals surface area (Å²) >= 11 is 0. The van der Waals surface area contributed by atoms with E-state index in [0.717, 1.165) is 39.0 Å². The molecule has 140 valence electrons. The minimum absolute atomic E-state index is 0.0759. The molecule has 0 unspecified atom stereocenters. The van der Waals surface area contributed by atoms with E-state index in [2.05, 4.69) is 32.8 Å². The van der Waals surface area contributed by atoms with Crippen molar-refractivity contribution in [1.82, 2.24) is 19.9 Å². The first-order chi connectivity index (χ1) is 13.6. The second-order valence-corrected chi connectivity index (χ2v) is 7.11. The van der Waals surface area contributed by atoms with Gasteiger partial charge < -0.3 is 4.98 Å². The number of pyridine rings is 1. The number of aromatic nitrogens is 3. The summed E-state index contributed by atoms with van der Waals surface area (Å²) in [6, 6.07) is 17.7. The zero-order valence-electron chi connectivity index (χ0n) is 16.0. The van der Waals surface area contributed by atoms with Crippen LogP contribution < -0.4 is 5.56 Å². The number of hydrogen-bond acceptors (Lipinski definition) is 4. The molecule has 0 saturated heterocycles. The van der Waals surface area contributed by atoms with Gasteiger partial charge in [-0.05, 0) is 31.2 Å². The summed E-state index contributed by atoms with van der Waals surface area (Å²) in [7, 11) is 2.03. The van der Waals surface area contributed by atoms with Gasteiger partial charge in [0.05, 0.1) is 0 Å². The van der Waals surface area contributed by atoms with Crippen LogP contribution >= 0.6 is 0 Å². The monoisotopic (exact) mass is 370 g/mol. The van der Waals surface area contributed by atoms with Crippen molar-refractivity contribution in [1.29, 1.82) is 0 Å². The summed E-state index contributed by atoms with van der Waals surface area (Å²) in [5.41, 5.74) is 5.05. The van der Waals surface area contributed by atoms with Crippen LogP contribution in [0.2, 0.25) is 0 Å². The zero-order valence-corrected chi connectivity index (χ0v) is 16.0. The maximum Gasteiger partial charge on any atom is 0.248 e. The van der Waals surface area contributed by atoms with E-state index in [4.69, 9.17) is 0 Å². The van der Waals surface area contributed by atoms with Crippen LogP contribution in [0.15, 0.2) is 71.8 Å². The first kappa shape index (κ1) is 18.1. The van der Waals surface area contributed by atoms with E-state index in [1.54, 1.807) is 6.07 Å². The van der Waals surface area contributed by atoms with Crippen molar-refractivity contribution in [3.8, 4) is 11.4 Å². The fourth-order valence-corrected chi connectivity index (χ4v) is 3.47. The third-order valence-corrected chi connectivity index (χ3v) is 4.82. The van der Waals surface area contributed by atoms with Crippen molar-refractivity contribution in [3.63, 3.8) is 0 Å². The van der Waals surface area contributed by atoms with Crippen molar-refractivity contribution in [2.24, 2.45) is 0 Å². The number of fused-ring (bicyclic) bond motifs is 1. The molecule has 0 aliphatic heterocycles. The van der Waals surface area contributed by atoms with Gasteiger partial charge in [0.15, 0.2) is 5.82 Å². The minimum Gasteiger partial charge on any atom is -0.322 e. The standard InChI is InChI=1S/C23H22N4O/c1-16-7-3-4-8-19(16)23-24-12-17(13-25-23)14-27(2)15-18-11-22(28)26-21-10-6-5-9-20(18)21/h3-13H,14-15H2,1-2H3,(H,26,28). The summed E-state index contributed by atoms with van der Waals surface area (Å²) in [6.45, 7) is 3.44. The summed E-state index contributed by atoms with van der Waals surface area (Å²) < 4.78 is 0. The number of nitrogens with zero attached hydrogens (tertiary/aromatic N) is 3. The van der Waals surface area contributed by atoms with Gasteiger partial charge in [0, 0.05) is 53.6 Å². The Morgan fingerprint density at radius 3 is 2.46 bits per heavy atom. The van der Waals surface area contributed by atoms with Crippen LogP contribution in [0.5, 0.6) is 0 Å². The quantitative estimate of drug-likeness (QED) is 0.578. The lowest BCUT2D eigenvalue weighted by Crippen LogP contribution is -2.19. The Hall–Kier alpha value is -3.31. The Morgan fingerprint density at radius 1 is 0.964 bits per heavy atom. The van der Waals surface area contributed by atoms with E-state index in [-0.39, 0.29) is 5.56 Å². The molecule has 5 heteroatoms. The van der Waals surface area contributed by atoms with Crippen LogP contribution in [-0.2, 0) is 13.1 Å². The Kier molecular flexibility index (Phi) is 5.00. The summed E-state index contributed by atoms with van der Waals surface area (Å²) in [4.78, 5) is 26.1. The molecule has 0 saturated carbocycles. The average molecular weight is 370 g/mol. The summed E-state index contributed by atoms with van der Waals surface area (Å²) in [5, 5.41) is 1.07. The van der Waals surface area contributed by atoms with E-state index < -0.39 is 0 Å². The molecule has 0 radical (unpaired) electrons. The van der Waals surface area contributed by atoms with E-state index in [0.29, 0.717) is 13.1 Å². The SMILES string of the molecule is Cc1ccccc1-c1ncc(CN(C)Cc2cc(=O)[nH]c3ccccc23)cn1. The predicted molar refractivity (Wildman–Crippen MR) is 112 cm³/mol. The topological polar surface area (TPSA) is 61.9 Å². The van der Waals surface area contributed by atoms with E-state index >= 15 is 0 Å². The average Bonchev–Trinajstić information content (AvgIpc) is 2.69. The molecule has 2 aromatic carbocycles. The molecule has 0 amide bonds. The molecule has 0 atom stereocenters. The van der Waals surface area contributed by atoms with Crippen LogP contribution in [0.25, 0.3) is 22.3 Å². The highest BCUT2D eigenvalue weighted by Gasteiger charge is 2.09. The summed E-state index contributed by atoms with van der Waals surface area (Å²) in [6.07, 6.45) is 3.75. The first-order valence-electron chi connectivity index (χ1n) is 9.26. The zero-order chi connectivity index (χ0) is 19.5. The lowest BCUT2D eigenvalue weighted by Gasteiger charge is -2.17. The third-order valence-electron chi connectivity index (χ3n) is 4.82.